The summed E-state index contributed by atoms with van der Waals surface area (Å²) in [5.41, 5.74) is 14.6. The molecule has 2 nitrogen and oxygen atoms in total. The van der Waals surface area contributed by atoms with Gasteiger partial charge in [0, 0.05) is 33.2 Å². The van der Waals surface area contributed by atoms with Crippen LogP contribution < -0.4 is 4.90 Å². The monoisotopic (exact) mass is 689 g/mol. The third-order valence-electron chi connectivity index (χ3n) is 10.5. The van der Waals surface area contributed by atoms with Gasteiger partial charge in [-0.25, -0.2) is 0 Å². The predicted octanol–water partition coefficient (Wildman–Crippen LogP) is 14.9. The number of benzene rings is 9. The molecule has 0 spiro atoms. The molecule has 2 heteroatoms. The molecule has 0 radical (unpaired) electrons. The van der Waals surface area contributed by atoms with Crippen molar-refractivity contribution in [2.75, 3.05) is 4.90 Å². The molecule has 10 aromatic rings. The molecule has 9 aromatic carbocycles. The summed E-state index contributed by atoms with van der Waals surface area (Å²) in [6.45, 7) is 0. The quantitative estimate of drug-likeness (QED) is 0.166. The van der Waals surface area contributed by atoms with Crippen LogP contribution >= 0.6 is 0 Å². The van der Waals surface area contributed by atoms with Gasteiger partial charge in [0.1, 0.15) is 11.2 Å². The second-order valence-corrected chi connectivity index (χ2v) is 13.7. The first-order chi connectivity index (χ1) is 26.8. The normalized spacial score (nSPS) is 11.3. The second-order valence-electron chi connectivity index (χ2n) is 13.7. The molecule has 0 unspecified atom stereocenters. The van der Waals surface area contributed by atoms with Gasteiger partial charge in [-0.1, -0.05) is 152 Å². The zero-order chi connectivity index (χ0) is 35.8. The summed E-state index contributed by atoms with van der Waals surface area (Å²) in [7, 11) is 0. The highest BCUT2D eigenvalue weighted by Crippen LogP contribution is 2.42. The van der Waals surface area contributed by atoms with E-state index in [-0.39, 0.29) is 0 Å². The number of furan rings is 1. The Hall–Kier alpha value is -7.16. The first-order valence-electron chi connectivity index (χ1n) is 18.4. The maximum absolute atomic E-state index is 6.62. The van der Waals surface area contributed by atoms with Crippen LogP contribution in [0.3, 0.4) is 0 Å². The maximum atomic E-state index is 6.62. The van der Waals surface area contributed by atoms with Crippen LogP contribution in [0.15, 0.2) is 217 Å². The van der Waals surface area contributed by atoms with Crippen LogP contribution in [0.5, 0.6) is 0 Å². The molecule has 254 valence electrons. The van der Waals surface area contributed by atoms with Crippen LogP contribution in [-0.2, 0) is 0 Å². The molecule has 0 N–H and O–H groups in total. The minimum absolute atomic E-state index is 0.889. The van der Waals surface area contributed by atoms with Crippen LogP contribution in [0.2, 0.25) is 0 Å². The van der Waals surface area contributed by atoms with Crippen molar-refractivity contribution in [3.8, 4) is 44.5 Å². The fourth-order valence-electron chi connectivity index (χ4n) is 7.77. The largest absolute Gasteiger partial charge is 0.455 e. The Labute approximate surface area is 314 Å². The van der Waals surface area contributed by atoms with Crippen molar-refractivity contribution in [1.82, 2.24) is 0 Å². The molecule has 1 aromatic heterocycles. The summed E-state index contributed by atoms with van der Waals surface area (Å²) in [6, 6.07) is 75.7. The summed E-state index contributed by atoms with van der Waals surface area (Å²) in [6.07, 6.45) is 0. The molecule has 54 heavy (non-hydrogen) atoms. The van der Waals surface area contributed by atoms with Crippen molar-refractivity contribution < 1.29 is 4.42 Å². The second kappa shape index (κ2) is 13.4. The SMILES string of the molecule is c1ccc(-c2ccc(N(c3ccccc3)c3ccc(-c4ccc5oc6c7ccccc7c(-c7cccc(-c8ccccc8)c7)cc6c5c4)cc3)cc2)cc1. The van der Waals surface area contributed by atoms with Gasteiger partial charge in [-0.15, -0.1) is 0 Å². The zero-order valence-corrected chi connectivity index (χ0v) is 29.6. The number of fused-ring (bicyclic) bond motifs is 5. The fraction of sp³-hybridized carbons (Fsp3) is 0. The van der Waals surface area contributed by atoms with Crippen LogP contribution in [0, 0.1) is 0 Å². The molecule has 0 amide bonds. The molecular formula is C52H35NO. The zero-order valence-electron chi connectivity index (χ0n) is 29.6. The van der Waals surface area contributed by atoms with Crippen molar-refractivity contribution in [1.29, 1.82) is 0 Å². The average molecular weight is 690 g/mol. The van der Waals surface area contributed by atoms with Crippen LogP contribution in [0.1, 0.15) is 0 Å². The molecule has 0 aliphatic heterocycles. The molecule has 10 rings (SSSR count). The maximum Gasteiger partial charge on any atom is 0.143 e. The van der Waals surface area contributed by atoms with Crippen molar-refractivity contribution >= 4 is 49.8 Å². The van der Waals surface area contributed by atoms with Gasteiger partial charge in [-0.2, -0.15) is 0 Å². The number of hydrogen-bond donors (Lipinski definition) is 0. The highest BCUT2D eigenvalue weighted by atomic mass is 16.3. The van der Waals surface area contributed by atoms with Gasteiger partial charge in [0.25, 0.3) is 0 Å². The first-order valence-corrected chi connectivity index (χ1v) is 18.4. The summed E-state index contributed by atoms with van der Waals surface area (Å²) in [5.74, 6) is 0. The first kappa shape index (κ1) is 31.6. The van der Waals surface area contributed by atoms with Crippen molar-refractivity contribution in [2.24, 2.45) is 0 Å². The van der Waals surface area contributed by atoms with Crippen LogP contribution in [-0.4, -0.2) is 0 Å². The molecule has 0 saturated heterocycles. The molecule has 1 heterocycles. The summed E-state index contributed by atoms with van der Waals surface area (Å²) >= 11 is 0. The number of nitrogens with zero attached hydrogens (tertiary/aromatic N) is 1. The van der Waals surface area contributed by atoms with Crippen molar-refractivity contribution in [2.45, 2.75) is 0 Å². The lowest BCUT2D eigenvalue weighted by molar-refractivity contribution is 0.673. The Balaban J connectivity index is 1.04. The summed E-state index contributed by atoms with van der Waals surface area (Å²) in [5, 5.41) is 4.54. The third kappa shape index (κ3) is 5.71. The van der Waals surface area contributed by atoms with Gasteiger partial charge in [-0.3, -0.25) is 0 Å². The molecular weight excluding hydrogens is 655 g/mol. The highest BCUT2D eigenvalue weighted by molar-refractivity contribution is 6.19. The third-order valence-corrected chi connectivity index (χ3v) is 10.5. The fourth-order valence-corrected chi connectivity index (χ4v) is 7.77. The standard InChI is InChI=1S/C52H35NO/c1-4-13-36(14-5-1)38-23-28-44(29-24-38)53(43-19-8-3-9-20-43)45-30-25-39(26-31-45)41-27-32-51-49(34-41)50-35-48(46-21-10-11-22-47(46)52(50)54-51)42-18-12-17-40(33-42)37-15-6-2-7-16-37/h1-35H. The lowest BCUT2D eigenvalue weighted by atomic mass is 9.93. The van der Waals surface area contributed by atoms with Gasteiger partial charge in [-0.05, 0) is 111 Å². The topological polar surface area (TPSA) is 16.4 Å². The van der Waals surface area contributed by atoms with E-state index >= 15 is 0 Å². The molecule has 0 bridgehead atoms. The van der Waals surface area contributed by atoms with E-state index in [4.69, 9.17) is 4.42 Å². The van der Waals surface area contributed by atoms with Gasteiger partial charge in [0.05, 0.1) is 0 Å². The number of anilines is 3. The van der Waals surface area contributed by atoms with E-state index in [1.54, 1.807) is 0 Å². The van der Waals surface area contributed by atoms with E-state index in [1.165, 1.54) is 38.8 Å². The number of rotatable bonds is 7. The minimum atomic E-state index is 0.889. The summed E-state index contributed by atoms with van der Waals surface area (Å²) in [4.78, 5) is 2.31. The number of para-hydroxylation sites is 1. The van der Waals surface area contributed by atoms with E-state index in [9.17, 15) is 0 Å². The van der Waals surface area contributed by atoms with E-state index in [2.05, 4.69) is 217 Å². The summed E-state index contributed by atoms with van der Waals surface area (Å²) < 4.78 is 6.62. The predicted molar refractivity (Wildman–Crippen MR) is 228 cm³/mol. The Morgan fingerprint density at radius 3 is 1.41 bits per heavy atom. The molecule has 0 aliphatic rings. The molecule has 0 aliphatic carbocycles. The number of hydrogen-bond acceptors (Lipinski definition) is 2. The van der Waals surface area contributed by atoms with Crippen LogP contribution in [0.4, 0.5) is 17.1 Å². The molecule has 0 saturated carbocycles. The van der Waals surface area contributed by atoms with E-state index in [0.29, 0.717) is 0 Å². The Morgan fingerprint density at radius 2 is 0.741 bits per heavy atom. The minimum Gasteiger partial charge on any atom is -0.455 e. The lowest BCUT2D eigenvalue weighted by Crippen LogP contribution is -2.09. The Morgan fingerprint density at radius 1 is 0.278 bits per heavy atom. The molecule has 0 fully saturated rings. The smallest absolute Gasteiger partial charge is 0.143 e. The van der Waals surface area contributed by atoms with Crippen molar-refractivity contribution in [3.05, 3.63) is 212 Å². The molecule has 0 atom stereocenters. The van der Waals surface area contributed by atoms with Gasteiger partial charge in [0.2, 0.25) is 0 Å². The van der Waals surface area contributed by atoms with Gasteiger partial charge in [0.15, 0.2) is 0 Å². The highest BCUT2D eigenvalue weighted by Gasteiger charge is 2.17. The van der Waals surface area contributed by atoms with E-state index in [0.717, 1.165) is 55.5 Å². The van der Waals surface area contributed by atoms with E-state index in [1.807, 2.05) is 0 Å². The van der Waals surface area contributed by atoms with Gasteiger partial charge >= 0.3 is 0 Å². The van der Waals surface area contributed by atoms with E-state index < -0.39 is 0 Å². The Bertz CT molecular complexity index is 2890. The Kier molecular flexibility index (Phi) is 7.85. The lowest BCUT2D eigenvalue weighted by Gasteiger charge is -2.26. The van der Waals surface area contributed by atoms with Crippen LogP contribution in [0.25, 0.3) is 77.2 Å². The average Bonchev–Trinajstić information content (AvgIpc) is 3.63. The van der Waals surface area contributed by atoms with Gasteiger partial charge < -0.3 is 9.32 Å². The van der Waals surface area contributed by atoms with Crippen molar-refractivity contribution in [3.63, 3.8) is 0 Å².